The highest BCUT2D eigenvalue weighted by molar-refractivity contribution is 7.09. The van der Waals surface area contributed by atoms with Crippen molar-refractivity contribution in [2.75, 3.05) is 20.1 Å². The van der Waals surface area contributed by atoms with E-state index in [0.29, 0.717) is 11.6 Å². The van der Waals surface area contributed by atoms with E-state index >= 15 is 0 Å². The lowest BCUT2D eigenvalue weighted by molar-refractivity contribution is 0.0389. The summed E-state index contributed by atoms with van der Waals surface area (Å²) in [6.45, 7) is 4.70. The van der Waals surface area contributed by atoms with Gasteiger partial charge >= 0.3 is 0 Å². The molecule has 1 saturated carbocycles. The fourth-order valence-corrected chi connectivity index (χ4v) is 5.26. The van der Waals surface area contributed by atoms with Crippen molar-refractivity contribution in [1.29, 1.82) is 0 Å². The SMILES string of the molecule is CNC(Cc1nc(C)cs1)C1(N2CCCCC2)CCCC1. The number of aryl methyl sites for hydroxylation is 1. The van der Waals surface area contributed by atoms with Crippen LogP contribution in [0.5, 0.6) is 0 Å². The number of rotatable bonds is 5. The summed E-state index contributed by atoms with van der Waals surface area (Å²) in [6, 6.07) is 0.545. The Balaban J connectivity index is 1.79. The number of likely N-dealkylation sites (tertiary alicyclic amines) is 1. The molecular weight excluding hydrogens is 278 g/mol. The van der Waals surface area contributed by atoms with Crippen LogP contribution in [0.1, 0.15) is 55.6 Å². The summed E-state index contributed by atoms with van der Waals surface area (Å²) in [4.78, 5) is 7.53. The molecule has 21 heavy (non-hydrogen) atoms. The van der Waals surface area contributed by atoms with Crippen molar-refractivity contribution < 1.29 is 0 Å². The van der Waals surface area contributed by atoms with E-state index < -0.39 is 0 Å². The maximum absolute atomic E-state index is 4.71. The van der Waals surface area contributed by atoms with Crippen LogP contribution >= 0.6 is 11.3 Å². The largest absolute Gasteiger partial charge is 0.315 e. The highest BCUT2D eigenvalue weighted by atomic mass is 32.1. The lowest BCUT2D eigenvalue weighted by Gasteiger charge is -2.48. The molecule has 1 N–H and O–H groups in total. The third-order valence-electron chi connectivity index (χ3n) is 5.50. The topological polar surface area (TPSA) is 28.2 Å². The number of hydrogen-bond acceptors (Lipinski definition) is 4. The van der Waals surface area contributed by atoms with Gasteiger partial charge in [0.05, 0.1) is 5.01 Å². The predicted octanol–water partition coefficient (Wildman–Crippen LogP) is 3.38. The van der Waals surface area contributed by atoms with Crippen LogP contribution < -0.4 is 5.32 Å². The van der Waals surface area contributed by atoms with E-state index in [1.54, 1.807) is 0 Å². The summed E-state index contributed by atoms with van der Waals surface area (Å²) in [5.41, 5.74) is 1.55. The number of piperidine rings is 1. The molecular formula is C17H29N3S. The first-order chi connectivity index (χ1) is 10.2. The second kappa shape index (κ2) is 6.76. The summed E-state index contributed by atoms with van der Waals surface area (Å²) >= 11 is 1.83. The zero-order valence-corrected chi connectivity index (χ0v) is 14.3. The van der Waals surface area contributed by atoms with Gasteiger partial charge in [-0.2, -0.15) is 0 Å². The smallest absolute Gasteiger partial charge is 0.0944 e. The lowest BCUT2D eigenvalue weighted by Crippen LogP contribution is -2.61. The quantitative estimate of drug-likeness (QED) is 0.904. The molecule has 4 heteroatoms. The highest BCUT2D eigenvalue weighted by Crippen LogP contribution is 2.40. The normalized spacial score (nSPS) is 24.3. The molecule has 3 nitrogen and oxygen atoms in total. The average Bonchev–Trinajstić information content (AvgIpc) is 3.15. The van der Waals surface area contributed by atoms with Gasteiger partial charge < -0.3 is 5.32 Å². The second-order valence-electron chi connectivity index (χ2n) is 6.79. The van der Waals surface area contributed by atoms with Crippen molar-refractivity contribution in [2.45, 2.75) is 69.9 Å². The van der Waals surface area contributed by atoms with Crippen LogP contribution in [0.2, 0.25) is 0 Å². The van der Waals surface area contributed by atoms with Crippen molar-refractivity contribution >= 4 is 11.3 Å². The fourth-order valence-electron chi connectivity index (χ4n) is 4.44. The number of nitrogens with zero attached hydrogens (tertiary/aromatic N) is 2. The van der Waals surface area contributed by atoms with Crippen LogP contribution in [0.4, 0.5) is 0 Å². The standard InChI is InChI=1S/C17H29N3S/c1-14-13-21-16(19-14)12-15(18-2)17(8-4-5-9-17)20-10-6-3-7-11-20/h13,15,18H,3-12H2,1-2H3. The Labute approximate surface area is 133 Å². The minimum absolute atomic E-state index is 0.384. The Hall–Kier alpha value is -0.450. The first kappa shape index (κ1) is 15.4. The van der Waals surface area contributed by atoms with E-state index in [4.69, 9.17) is 4.98 Å². The minimum Gasteiger partial charge on any atom is -0.315 e. The first-order valence-electron chi connectivity index (χ1n) is 8.58. The van der Waals surface area contributed by atoms with Gasteiger partial charge in [0.25, 0.3) is 0 Å². The molecule has 1 aliphatic carbocycles. The average molecular weight is 308 g/mol. The van der Waals surface area contributed by atoms with Crippen molar-refractivity contribution in [3.63, 3.8) is 0 Å². The van der Waals surface area contributed by atoms with Gasteiger partial charge in [-0.05, 0) is 52.7 Å². The van der Waals surface area contributed by atoms with Crippen molar-refractivity contribution in [2.24, 2.45) is 0 Å². The van der Waals surface area contributed by atoms with E-state index in [1.165, 1.54) is 68.7 Å². The van der Waals surface area contributed by atoms with Crippen LogP contribution in [0.3, 0.4) is 0 Å². The van der Waals surface area contributed by atoms with Crippen LogP contribution in [0, 0.1) is 6.92 Å². The first-order valence-corrected chi connectivity index (χ1v) is 9.46. The van der Waals surface area contributed by atoms with Crippen LogP contribution in [-0.4, -0.2) is 41.6 Å². The van der Waals surface area contributed by atoms with Crippen LogP contribution in [0.25, 0.3) is 0 Å². The number of hydrogen-bond donors (Lipinski definition) is 1. The third kappa shape index (κ3) is 3.17. The minimum atomic E-state index is 0.384. The summed E-state index contributed by atoms with van der Waals surface area (Å²) < 4.78 is 0. The molecule has 2 fully saturated rings. The molecule has 1 unspecified atom stereocenters. The zero-order valence-electron chi connectivity index (χ0n) is 13.5. The molecule has 0 radical (unpaired) electrons. The summed E-state index contributed by atoms with van der Waals surface area (Å²) in [5.74, 6) is 0. The molecule has 2 heterocycles. The van der Waals surface area contributed by atoms with E-state index in [2.05, 4.69) is 29.6 Å². The molecule has 1 aromatic heterocycles. The Bertz CT molecular complexity index is 445. The van der Waals surface area contributed by atoms with Gasteiger partial charge in [0.1, 0.15) is 0 Å². The molecule has 0 aromatic carbocycles. The maximum Gasteiger partial charge on any atom is 0.0944 e. The zero-order chi connectivity index (χ0) is 14.7. The van der Waals surface area contributed by atoms with Gasteiger partial charge in [0.2, 0.25) is 0 Å². The molecule has 1 aromatic rings. The van der Waals surface area contributed by atoms with Crippen LogP contribution in [-0.2, 0) is 6.42 Å². The van der Waals surface area contributed by atoms with E-state index in [1.807, 2.05) is 11.3 Å². The van der Waals surface area contributed by atoms with E-state index in [0.717, 1.165) is 6.42 Å². The molecule has 118 valence electrons. The van der Waals surface area contributed by atoms with Gasteiger partial charge in [0.15, 0.2) is 0 Å². The predicted molar refractivity (Wildman–Crippen MR) is 90.0 cm³/mol. The van der Waals surface area contributed by atoms with E-state index in [-0.39, 0.29) is 0 Å². The number of thiazole rings is 1. The summed E-state index contributed by atoms with van der Waals surface area (Å²) in [5, 5.41) is 7.15. The molecule has 3 rings (SSSR count). The summed E-state index contributed by atoms with van der Waals surface area (Å²) in [6.07, 6.45) is 10.8. The number of likely N-dealkylation sites (N-methyl/N-ethyl adjacent to an activating group) is 1. The Morgan fingerprint density at radius 3 is 2.52 bits per heavy atom. The fraction of sp³-hybridized carbons (Fsp3) is 0.824. The third-order valence-corrected chi connectivity index (χ3v) is 6.49. The van der Waals surface area contributed by atoms with Crippen LogP contribution in [0.15, 0.2) is 5.38 Å². The number of aromatic nitrogens is 1. The van der Waals surface area contributed by atoms with Gasteiger partial charge in [-0.3, -0.25) is 4.90 Å². The second-order valence-corrected chi connectivity index (χ2v) is 7.73. The molecule has 1 aliphatic heterocycles. The Morgan fingerprint density at radius 1 is 1.24 bits per heavy atom. The Kier molecular flexibility index (Phi) is 4.97. The maximum atomic E-state index is 4.71. The van der Waals surface area contributed by atoms with Gasteiger partial charge in [-0.15, -0.1) is 11.3 Å². The molecule has 1 atom stereocenters. The van der Waals surface area contributed by atoms with Crippen molar-refractivity contribution in [1.82, 2.24) is 15.2 Å². The molecule has 0 amide bonds. The molecule has 0 bridgehead atoms. The molecule has 0 spiro atoms. The number of nitrogens with one attached hydrogen (secondary N) is 1. The van der Waals surface area contributed by atoms with Gasteiger partial charge in [-0.1, -0.05) is 19.3 Å². The lowest BCUT2D eigenvalue weighted by atomic mass is 9.83. The van der Waals surface area contributed by atoms with Gasteiger partial charge in [-0.25, -0.2) is 4.98 Å². The summed E-state index contributed by atoms with van der Waals surface area (Å²) in [7, 11) is 2.15. The van der Waals surface area contributed by atoms with Gasteiger partial charge in [0, 0.05) is 29.1 Å². The Morgan fingerprint density at radius 2 is 1.95 bits per heavy atom. The monoisotopic (exact) mass is 307 g/mol. The van der Waals surface area contributed by atoms with Crippen molar-refractivity contribution in [3.05, 3.63) is 16.1 Å². The molecule has 2 aliphatic rings. The highest BCUT2D eigenvalue weighted by Gasteiger charge is 2.45. The van der Waals surface area contributed by atoms with E-state index in [9.17, 15) is 0 Å². The molecule has 1 saturated heterocycles. The van der Waals surface area contributed by atoms with Crippen molar-refractivity contribution in [3.8, 4) is 0 Å².